The number of hydrogen-bond donors (Lipinski definition) is 0. The molecular formula is C52H30O2. The van der Waals surface area contributed by atoms with Crippen LogP contribution in [0.4, 0.5) is 0 Å². The molecular weight excluding hydrogens is 657 g/mol. The van der Waals surface area contributed by atoms with E-state index < -0.39 is 0 Å². The first-order valence-corrected chi connectivity index (χ1v) is 18.5. The first kappa shape index (κ1) is 29.4. The summed E-state index contributed by atoms with van der Waals surface area (Å²) >= 11 is 0. The molecule has 0 atom stereocenters. The van der Waals surface area contributed by atoms with E-state index in [9.17, 15) is 0 Å². The summed E-state index contributed by atoms with van der Waals surface area (Å²) in [5, 5.41) is 14.4. The van der Waals surface area contributed by atoms with Gasteiger partial charge >= 0.3 is 0 Å². The van der Waals surface area contributed by atoms with E-state index in [2.05, 4.69) is 170 Å². The predicted octanol–water partition coefficient (Wildman–Crippen LogP) is 15.1. The molecule has 0 aliphatic heterocycles. The fourth-order valence-corrected chi connectivity index (χ4v) is 9.07. The van der Waals surface area contributed by atoms with Crippen LogP contribution in [0.2, 0.25) is 0 Å². The van der Waals surface area contributed by atoms with Crippen LogP contribution in [0.15, 0.2) is 191 Å². The Morgan fingerprint density at radius 1 is 0.259 bits per heavy atom. The second kappa shape index (κ2) is 11.2. The summed E-state index contributed by atoms with van der Waals surface area (Å²) in [7, 11) is 0. The minimum atomic E-state index is 0.907. The van der Waals surface area contributed by atoms with Crippen LogP contribution in [0.5, 0.6) is 0 Å². The molecule has 2 heterocycles. The Labute approximate surface area is 310 Å². The van der Waals surface area contributed by atoms with Gasteiger partial charge in [0.15, 0.2) is 0 Å². The number of benzene rings is 10. The third kappa shape index (κ3) is 4.17. The molecule has 0 bridgehead atoms. The van der Waals surface area contributed by atoms with Crippen LogP contribution in [0.3, 0.4) is 0 Å². The van der Waals surface area contributed by atoms with Gasteiger partial charge in [-0.1, -0.05) is 152 Å². The average molecular weight is 687 g/mol. The average Bonchev–Trinajstić information content (AvgIpc) is 3.81. The summed E-state index contributed by atoms with van der Waals surface area (Å²) in [6.45, 7) is 0. The van der Waals surface area contributed by atoms with Crippen molar-refractivity contribution < 1.29 is 8.83 Å². The van der Waals surface area contributed by atoms with Crippen molar-refractivity contribution in [2.75, 3.05) is 0 Å². The van der Waals surface area contributed by atoms with Gasteiger partial charge in [0.05, 0.1) is 0 Å². The highest BCUT2D eigenvalue weighted by atomic mass is 16.3. The van der Waals surface area contributed by atoms with Crippen molar-refractivity contribution >= 4 is 87.0 Å². The van der Waals surface area contributed by atoms with Crippen LogP contribution in [0, 0.1) is 0 Å². The molecule has 2 nitrogen and oxygen atoms in total. The van der Waals surface area contributed by atoms with Crippen LogP contribution in [-0.4, -0.2) is 0 Å². The van der Waals surface area contributed by atoms with E-state index >= 15 is 0 Å². The van der Waals surface area contributed by atoms with E-state index in [4.69, 9.17) is 8.83 Å². The molecule has 2 heteroatoms. The Kier molecular flexibility index (Phi) is 6.09. The smallest absolute Gasteiger partial charge is 0.136 e. The molecule has 250 valence electrons. The molecule has 10 aromatic carbocycles. The summed E-state index contributed by atoms with van der Waals surface area (Å²) in [4.78, 5) is 0. The van der Waals surface area contributed by atoms with E-state index in [1.807, 2.05) is 12.1 Å². The van der Waals surface area contributed by atoms with E-state index in [1.54, 1.807) is 0 Å². The fourth-order valence-electron chi connectivity index (χ4n) is 9.07. The zero-order chi connectivity index (χ0) is 35.3. The lowest BCUT2D eigenvalue weighted by Gasteiger charge is -2.19. The van der Waals surface area contributed by atoms with Crippen molar-refractivity contribution in [3.8, 4) is 33.4 Å². The number of para-hydroxylation sites is 1. The first-order valence-electron chi connectivity index (χ1n) is 18.5. The van der Waals surface area contributed by atoms with Gasteiger partial charge < -0.3 is 8.83 Å². The summed E-state index contributed by atoms with van der Waals surface area (Å²) < 4.78 is 12.8. The van der Waals surface area contributed by atoms with Crippen LogP contribution in [0.25, 0.3) is 120 Å². The Balaban J connectivity index is 1.09. The van der Waals surface area contributed by atoms with Crippen molar-refractivity contribution in [1.82, 2.24) is 0 Å². The standard InChI is InChI=1S/C52H30O2/c1-2-12-35-32(11-1)25-28-47-51(35)52-38-15-4-3-13-36(38)44(30-48(52)54-47)50-41-18-7-5-16-39(41)49(40-17-6-8-19-42(40)50)33-23-21-31(22-24-33)34-26-27-46-43(29-34)37-14-9-10-20-45(37)53-46/h1-30H. The molecule has 0 unspecified atom stereocenters. The molecule has 0 spiro atoms. The highest BCUT2D eigenvalue weighted by Gasteiger charge is 2.21. The molecule has 0 fully saturated rings. The van der Waals surface area contributed by atoms with E-state index in [1.165, 1.54) is 87.2 Å². The summed E-state index contributed by atoms with van der Waals surface area (Å²) in [6.07, 6.45) is 0. The maximum Gasteiger partial charge on any atom is 0.136 e. The quantitative estimate of drug-likeness (QED) is 0.173. The largest absolute Gasteiger partial charge is 0.456 e. The van der Waals surface area contributed by atoms with E-state index in [-0.39, 0.29) is 0 Å². The van der Waals surface area contributed by atoms with Gasteiger partial charge in [-0.25, -0.2) is 0 Å². The molecule has 0 aliphatic rings. The number of hydrogen-bond acceptors (Lipinski definition) is 2. The summed E-state index contributed by atoms with van der Waals surface area (Å²) in [6, 6.07) is 65.6. The van der Waals surface area contributed by atoms with Crippen LogP contribution < -0.4 is 0 Å². The maximum atomic E-state index is 6.73. The van der Waals surface area contributed by atoms with Gasteiger partial charge in [0.2, 0.25) is 0 Å². The molecule has 2 aromatic heterocycles. The van der Waals surface area contributed by atoms with Gasteiger partial charge in [-0.2, -0.15) is 0 Å². The van der Waals surface area contributed by atoms with Crippen LogP contribution in [-0.2, 0) is 0 Å². The molecule has 0 aliphatic carbocycles. The zero-order valence-electron chi connectivity index (χ0n) is 29.1. The number of fused-ring (bicyclic) bond motifs is 12. The predicted molar refractivity (Wildman–Crippen MR) is 227 cm³/mol. The van der Waals surface area contributed by atoms with Crippen LogP contribution in [0.1, 0.15) is 0 Å². The Morgan fingerprint density at radius 2 is 0.759 bits per heavy atom. The second-order valence-corrected chi connectivity index (χ2v) is 14.3. The third-order valence-corrected chi connectivity index (χ3v) is 11.5. The van der Waals surface area contributed by atoms with Gasteiger partial charge in [0.1, 0.15) is 22.3 Å². The fraction of sp³-hybridized carbons (Fsp3) is 0. The topological polar surface area (TPSA) is 26.3 Å². The molecule has 0 saturated carbocycles. The molecule has 0 saturated heterocycles. The molecule has 0 radical (unpaired) electrons. The monoisotopic (exact) mass is 686 g/mol. The molecule has 0 N–H and O–H groups in total. The maximum absolute atomic E-state index is 6.73. The van der Waals surface area contributed by atoms with Crippen molar-refractivity contribution in [2.24, 2.45) is 0 Å². The van der Waals surface area contributed by atoms with Gasteiger partial charge in [0.25, 0.3) is 0 Å². The lowest BCUT2D eigenvalue weighted by Crippen LogP contribution is -1.92. The normalized spacial score (nSPS) is 12.1. The highest BCUT2D eigenvalue weighted by Crippen LogP contribution is 2.48. The van der Waals surface area contributed by atoms with E-state index in [0.717, 1.165) is 33.1 Å². The van der Waals surface area contributed by atoms with Crippen molar-refractivity contribution in [1.29, 1.82) is 0 Å². The van der Waals surface area contributed by atoms with Crippen molar-refractivity contribution in [3.05, 3.63) is 182 Å². The van der Waals surface area contributed by atoms with Gasteiger partial charge in [-0.3, -0.25) is 0 Å². The molecule has 54 heavy (non-hydrogen) atoms. The van der Waals surface area contributed by atoms with Crippen molar-refractivity contribution in [2.45, 2.75) is 0 Å². The summed E-state index contributed by atoms with van der Waals surface area (Å²) in [5.41, 5.74) is 10.8. The second-order valence-electron chi connectivity index (χ2n) is 14.3. The minimum Gasteiger partial charge on any atom is -0.456 e. The Bertz CT molecular complexity index is 3430. The lowest BCUT2D eigenvalue weighted by molar-refractivity contribution is 0.669. The Hall–Kier alpha value is -7.16. The SMILES string of the molecule is c1ccc2c(c1)ccc1oc3cc(-c4c5ccccc5c(-c5ccc(-c6ccc7oc8ccccc8c7c6)cc5)c5ccccc45)c4ccccc4c3c12. The first-order chi connectivity index (χ1) is 26.8. The lowest BCUT2D eigenvalue weighted by atomic mass is 9.84. The molecule has 0 amide bonds. The van der Waals surface area contributed by atoms with Crippen molar-refractivity contribution in [3.63, 3.8) is 0 Å². The van der Waals surface area contributed by atoms with Gasteiger partial charge in [-0.15, -0.1) is 0 Å². The highest BCUT2D eigenvalue weighted by molar-refractivity contribution is 6.31. The molecule has 12 aromatic rings. The number of furan rings is 2. The van der Waals surface area contributed by atoms with E-state index in [0.29, 0.717) is 0 Å². The third-order valence-electron chi connectivity index (χ3n) is 11.5. The van der Waals surface area contributed by atoms with Crippen LogP contribution >= 0.6 is 0 Å². The summed E-state index contributed by atoms with van der Waals surface area (Å²) in [5.74, 6) is 0. The Morgan fingerprint density at radius 3 is 1.50 bits per heavy atom. The minimum absolute atomic E-state index is 0.907. The zero-order valence-corrected chi connectivity index (χ0v) is 29.1. The van der Waals surface area contributed by atoms with Gasteiger partial charge in [-0.05, 0) is 107 Å². The molecule has 12 rings (SSSR count). The number of rotatable bonds is 3. The van der Waals surface area contributed by atoms with Gasteiger partial charge in [0, 0.05) is 21.5 Å².